The molecule has 0 aliphatic rings. The molecule has 2 aromatic rings. The summed E-state index contributed by atoms with van der Waals surface area (Å²) in [6.45, 7) is 7.67. The van der Waals surface area contributed by atoms with E-state index in [2.05, 4.69) is 20.3 Å². The van der Waals surface area contributed by atoms with Crippen LogP contribution in [0, 0.1) is 5.92 Å². The van der Waals surface area contributed by atoms with Crippen molar-refractivity contribution in [3.05, 3.63) is 18.6 Å². The molecular weight excluding hydrogens is 216 g/mol. The summed E-state index contributed by atoms with van der Waals surface area (Å²) in [7, 11) is 0. The number of imidazole rings is 1. The number of nitrogens with one attached hydrogen (secondary N) is 2. The third-order valence-electron chi connectivity index (χ3n) is 2.10. The summed E-state index contributed by atoms with van der Waals surface area (Å²) in [4.78, 5) is 22.6. The SMILES string of the molecule is CC.CC(C)C(=O)Nc1nccc2[nH]cnc12. The van der Waals surface area contributed by atoms with E-state index in [9.17, 15) is 4.79 Å². The van der Waals surface area contributed by atoms with Gasteiger partial charge in [-0.3, -0.25) is 4.79 Å². The largest absolute Gasteiger partial charge is 0.344 e. The van der Waals surface area contributed by atoms with Crippen molar-refractivity contribution in [2.24, 2.45) is 5.92 Å². The molecule has 1 amide bonds. The Hall–Kier alpha value is -1.91. The number of amides is 1. The van der Waals surface area contributed by atoms with E-state index in [1.807, 2.05) is 33.8 Å². The van der Waals surface area contributed by atoms with E-state index in [1.54, 1.807) is 12.5 Å². The van der Waals surface area contributed by atoms with Crippen molar-refractivity contribution in [3.63, 3.8) is 0 Å². The van der Waals surface area contributed by atoms with Gasteiger partial charge in [0.15, 0.2) is 5.82 Å². The molecule has 0 aliphatic carbocycles. The molecule has 2 aromatic heterocycles. The monoisotopic (exact) mass is 234 g/mol. The zero-order valence-corrected chi connectivity index (χ0v) is 10.6. The lowest BCUT2D eigenvalue weighted by Crippen LogP contribution is -2.18. The third kappa shape index (κ3) is 3.03. The van der Waals surface area contributed by atoms with Gasteiger partial charge in [-0.25, -0.2) is 9.97 Å². The third-order valence-corrected chi connectivity index (χ3v) is 2.10. The molecule has 5 heteroatoms. The minimum Gasteiger partial charge on any atom is -0.344 e. The Kier molecular flexibility index (Phi) is 4.63. The molecule has 0 radical (unpaired) electrons. The summed E-state index contributed by atoms with van der Waals surface area (Å²) in [5.41, 5.74) is 1.55. The predicted molar refractivity (Wildman–Crippen MR) is 68.7 cm³/mol. The zero-order chi connectivity index (χ0) is 12.8. The molecular formula is C12H18N4O. The van der Waals surface area contributed by atoms with Crippen molar-refractivity contribution in [3.8, 4) is 0 Å². The highest BCUT2D eigenvalue weighted by molar-refractivity contribution is 5.98. The first kappa shape index (κ1) is 13.2. The fourth-order valence-corrected chi connectivity index (χ4v) is 1.22. The average Bonchev–Trinajstić information content (AvgIpc) is 2.80. The highest BCUT2D eigenvalue weighted by Gasteiger charge is 2.11. The lowest BCUT2D eigenvalue weighted by molar-refractivity contribution is -0.118. The Morgan fingerprint density at radius 3 is 2.71 bits per heavy atom. The second-order valence-corrected chi connectivity index (χ2v) is 3.60. The van der Waals surface area contributed by atoms with Crippen molar-refractivity contribution in [1.29, 1.82) is 0 Å². The molecule has 0 spiro atoms. The number of aromatic nitrogens is 3. The lowest BCUT2D eigenvalue weighted by atomic mass is 10.2. The second kappa shape index (κ2) is 5.98. The number of H-pyrrole nitrogens is 1. The molecule has 0 fully saturated rings. The Balaban J connectivity index is 0.000000686. The van der Waals surface area contributed by atoms with Gasteiger partial charge in [0.05, 0.1) is 11.8 Å². The molecule has 2 N–H and O–H groups in total. The first-order chi connectivity index (χ1) is 8.18. The van der Waals surface area contributed by atoms with E-state index < -0.39 is 0 Å². The highest BCUT2D eigenvalue weighted by Crippen LogP contribution is 2.16. The Labute approximate surface area is 101 Å². The first-order valence-electron chi connectivity index (χ1n) is 5.77. The summed E-state index contributed by atoms with van der Waals surface area (Å²) in [6.07, 6.45) is 3.22. The van der Waals surface area contributed by atoms with Gasteiger partial charge < -0.3 is 10.3 Å². The fraction of sp³-hybridized carbons (Fsp3) is 0.417. The van der Waals surface area contributed by atoms with Gasteiger partial charge in [-0.2, -0.15) is 0 Å². The maximum absolute atomic E-state index is 11.5. The van der Waals surface area contributed by atoms with Gasteiger partial charge in [-0.15, -0.1) is 0 Å². The smallest absolute Gasteiger partial charge is 0.228 e. The van der Waals surface area contributed by atoms with Crippen LogP contribution in [0.1, 0.15) is 27.7 Å². The normalized spacial score (nSPS) is 9.94. The Bertz CT molecular complexity index is 490. The molecule has 92 valence electrons. The molecule has 0 aromatic carbocycles. The van der Waals surface area contributed by atoms with Crippen LogP contribution in [-0.4, -0.2) is 20.9 Å². The molecule has 0 unspecified atom stereocenters. The van der Waals surface area contributed by atoms with Crippen molar-refractivity contribution < 1.29 is 4.79 Å². The average molecular weight is 234 g/mol. The van der Waals surface area contributed by atoms with E-state index in [0.29, 0.717) is 11.3 Å². The number of carbonyl (C=O) groups excluding carboxylic acids is 1. The molecule has 0 saturated carbocycles. The number of rotatable bonds is 2. The summed E-state index contributed by atoms with van der Waals surface area (Å²) in [5.74, 6) is 0.381. The van der Waals surface area contributed by atoms with Gasteiger partial charge in [0.1, 0.15) is 5.52 Å². The topological polar surface area (TPSA) is 70.7 Å². The van der Waals surface area contributed by atoms with Gasteiger partial charge in [0.25, 0.3) is 0 Å². The van der Waals surface area contributed by atoms with Crippen molar-refractivity contribution in [2.75, 3.05) is 5.32 Å². The van der Waals surface area contributed by atoms with E-state index in [4.69, 9.17) is 0 Å². The highest BCUT2D eigenvalue weighted by atomic mass is 16.1. The van der Waals surface area contributed by atoms with Crippen LogP contribution in [0.15, 0.2) is 18.6 Å². The first-order valence-corrected chi connectivity index (χ1v) is 5.77. The van der Waals surface area contributed by atoms with Gasteiger partial charge in [0.2, 0.25) is 5.91 Å². The second-order valence-electron chi connectivity index (χ2n) is 3.60. The standard InChI is InChI=1S/C10H12N4O.C2H6/c1-6(2)10(15)14-9-8-7(3-4-11-9)12-5-13-8;1-2/h3-6H,1-2H3,(H,12,13)(H,11,14,15);1-2H3. The van der Waals surface area contributed by atoms with Crippen LogP contribution in [0.4, 0.5) is 5.82 Å². The predicted octanol–water partition coefficient (Wildman–Crippen LogP) is 2.58. The number of aromatic amines is 1. The summed E-state index contributed by atoms with van der Waals surface area (Å²) in [6, 6.07) is 1.81. The molecule has 0 saturated heterocycles. The zero-order valence-electron chi connectivity index (χ0n) is 10.6. The number of carbonyl (C=O) groups is 1. The van der Waals surface area contributed by atoms with E-state index in [1.165, 1.54) is 0 Å². The van der Waals surface area contributed by atoms with Gasteiger partial charge >= 0.3 is 0 Å². The number of hydrogen-bond donors (Lipinski definition) is 2. The Morgan fingerprint density at radius 2 is 2.06 bits per heavy atom. The number of anilines is 1. The minimum atomic E-state index is -0.0685. The van der Waals surface area contributed by atoms with Crippen LogP contribution in [0.2, 0.25) is 0 Å². The summed E-state index contributed by atoms with van der Waals surface area (Å²) in [5, 5.41) is 2.74. The van der Waals surface area contributed by atoms with Crippen LogP contribution < -0.4 is 5.32 Å². The number of hydrogen-bond acceptors (Lipinski definition) is 3. The number of pyridine rings is 1. The van der Waals surface area contributed by atoms with Gasteiger partial charge in [-0.05, 0) is 6.07 Å². The molecule has 0 bridgehead atoms. The summed E-state index contributed by atoms with van der Waals surface area (Å²) >= 11 is 0. The lowest BCUT2D eigenvalue weighted by Gasteiger charge is -2.06. The van der Waals surface area contributed by atoms with Crippen LogP contribution in [0.3, 0.4) is 0 Å². The fourth-order valence-electron chi connectivity index (χ4n) is 1.22. The number of nitrogens with zero attached hydrogens (tertiary/aromatic N) is 2. The molecule has 2 rings (SSSR count). The maximum atomic E-state index is 11.5. The Morgan fingerprint density at radius 1 is 1.35 bits per heavy atom. The van der Waals surface area contributed by atoms with Gasteiger partial charge in [0, 0.05) is 12.1 Å². The molecule has 0 atom stereocenters. The minimum absolute atomic E-state index is 0.0574. The van der Waals surface area contributed by atoms with Crippen molar-refractivity contribution >= 4 is 22.8 Å². The van der Waals surface area contributed by atoms with Crippen LogP contribution in [-0.2, 0) is 4.79 Å². The quantitative estimate of drug-likeness (QED) is 0.839. The van der Waals surface area contributed by atoms with Crippen LogP contribution in [0.25, 0.3) is 11.0 Å². The molecule has 17 heavy (non-hydrogen) atoms. The maximum Gasteiger partial charge on any atom is 0.228 e. The van der Waals surface area contributed by atoms with Crippen molar-refractivity contribution in [1.82, 2.24) is 15.0 Å². The number of fused-ring (bicyclic) bond motifs is 1. The summed E-state index contributed by atoms with van der Waals surface area (Å²) < 4.78 is 0. The molecule has 0 aliphatic heterocycles. The van der Waals surface area contributed by atoms with Crippen molar-refractivity contribution in [2.45, 2.75) is 27.7 Å². The van der Waals surface area contributed by atoms with Crippen LogP contribution in [0.5, 0.6) is 0 Å². The van der Waals surface area contributed by atoms with Crippen LogP contribution >= 0.6 is 0 Å². The van der Waals surface area contributed by atoms with E-state index in [0.717, 1.165) is 5.52 Å². The van der Waals surface area contributed by atoms with E-state index >= 15 is 0 Å². The van der Waals surface area contributed by atoms with E-state index in [-0.39, 0.29) is 11.8 Å². The molecule has 2 heterocycles. The van der Waals surface area contributed by atoms with Gasteiger partial charge in [-0.1, -0.05) is 27.7 Å². The molecule has 5 nitrogen and oxygen atoms in total.